The van der Waals surface area contributed by atoms with Gasteiger partial charge in [-0.2, -0.15) is 0 Å². The summed E-state index contributed by atoms with van der Waals surface area (Å²) in [6.07, 6.45) is 1.72. The number of imidazole rings is 1. The Hall–Kier alpha value is -0.940. The lowest BCUT2D eigenvalue weighted by atomic mass is 10.3. The second kappa shape index (κ2) is 3.08. The van der Waals surface area contributed by atoms with Gasteiger partial charge in [-0.1, -0.05) is 0 Å². The van der Waals surface area contributed by atoms with E-state index in [1.165, 1.54) is 0 Å². The topological polar surface area (TPSA) is 67.6 Å². The van der Waals surface area contributed by atoms with Crippen LogP contribution in [0.4, 0.5) is 0 Å². The Bertz CT molecular complexity index is 435. The zero-order valence-electron chi connectivity index (χ0n) is 7.08. The molecule has 0 aliphatic carbocycles. The van der Waals surface area contributed by atoms with Crippen LogP contribution in [0.25, 0.3) is 11.2 Å². The molecule has 2 rings (SSSR count). The number of pyridine rings is 1. The molecule has 2 aromatic rings. The highest BCUT2D eigenvalue weighted by molar-refractivity contribution is 9.10. The first-order valence-corrected chi connectivity index (χ1v) is 4.73. The van der Waals surface area contributed by atoms with E-state index in [1.54, 1.807) is 6.20 Å². The lowest BCUT2D eigenvalue weighted by Crippen LogP contribution is -2.06. The standard InChI is InChI=1S/C8H9BrN4/c1-4(10)7-12-6-2-5(9)3-11-8(6)13-7/h2-4H,10H2,1H3,(H,11,12,13). The summed E-state index contributed by atoms with van der Waals surface area (Å²) < 4.78 is 0.930. The molecule has 0 aliphatic rings. The van der Waals surface area contributed by atoms with E-state index in [2.05, 4.69) is 30.9 Å². The van der Waals surface area contributed by atoms with E-state index in [9.17, 15) is 0 Å². The van der Waals surface area contributed by atoms with Gasteiger partial charge in [0.1, 0.15) is 5.82 Å². The smallest absolute Gasteiger partial charge is 0.177 e. The maximum absolute atomic E-state index is 5.68. The van der Waals surface area contributed by atoms with E-state index in [4.69, 9.17) is 5.73 Å². The van der Waals surface area contributed by atoms with Crippen molar-refractivity contribution in [2.75, 3.05) is 0 Å². The molecule has 1 atom stereocenters. The number of hydrogen-bond donors (Lipinski definition) is 2. The number of aromatic nitrogens is 3. The Balaban J connectivity index is 2.62. The van der Waals surface area contributed by atoms with Gasteiger partial charge in [0.2, 0.25) is 0 Å². The van der Waals surface area contributed by atoms with E-state index in [1.807, 2.05) is 13.0 Å². The van der Waals surface area contributed by atoms with Gasteiger partial charge in [0.05, 0.1) is 11.6 Å². The van der Waals surface area contributed by atoms with Crippen LogP contribution in [0, 0.1) is 0 Å². The summed E-state index contributed by atoms with van der Waals surface area (Å²) in [5.74, 6) is 0.764. The van der Waals surface area contributed by atoms with Crippen molar-refractivity contribution in [2.45, 2.75) is 13.0 Å². The quantitative estimate of drug-likeness (QED) is 0.798. The van der Waals surface area contributed by atoms with Gasteiger partial charge in [-0.25, -0.2) is 9.97 Å². The molecular weight excluding hydrogens is 232 g/mol. The van der Waals surface area contributed by atoms with Crippen LogP contribution >= 0.6 is 15.9 Å². The fourth-order valence-electron chi connectivity index (χ4n) is 1.11. The number of hydrogen-bond acceptors (Lipinski definition) is 3. The van der Waals surface area contributed by atoms with Crippen molar-refractivity contribution < 1.29 is 0 Å². The van der Waals surface area contributed by atoms with Crippen molar-refractivity contribution in [3.05, 3.63) is 22.6 Å². The van der Waals surface area contributed by atoms with Crippen LogP contribution in [0.15, 0.2) is 16.7 Å². The summed E-state index contributed by atoms with van der Waals surface area (Å²) in [7, 11) is 0. The molecule has 0 saturated heterocycles. The molecule has 2 heterocycles. The number of fused-ring (bicyclic) bond motifs is 1. The molecule has 4 nitrogen and oxygen atoms in total. The van der Waals surface area contributed by atoms with Crippen LogP contribution < -0.4 is 5.73 Å². The Labute approximate surface area is 83.7 Å². The summed E-state index contributed by atoms with van der Waals surface area (Å²) in [6, 6.07) is 1.84. The van der Waals surface area contributed by atoms with Gasteiger partial charge in [0.25, 0.3) is 0 Å². The molecule has 68 valence electrons. The highest BCUT2D eigenvalue weighted by Crippen LogP contribution is 2.16. The molecule has 0 aromatic carbocycles. The van der Waals surface area contributed by atoms with Crippen LogP contribution in [-0.4, -0.2) is 15.0 Å². The van der Waals surface area contributed by atoms with Gasteiger partial charge in [0, 0.05) is 10.7 Å². The summed E-state index contributed by atoms with van der Waals surface area (Å²) in [6.45, 7) is 1.88. The van der Waals surface area contributed by atoms with E-state index < -0.39 is 0 Å². The molecule has 0 radical (unpaired) electrons. The Morgan fingerprint density at radius 3 is 3.08 bits per heavy atom. The summed E-state index contributed by atoms with van der Waals surface area (Å²) in [5.41, 5.74) is 7.29. The molecule has 1 unspecified atom stereocenters. The van der Waals surface area contributed by atoms with E-state index in [0.29, 0.717) is 5.65 Å². The van der Waals surface area contributed by atoms with Crippen molar-refractivity contribution in [1.29, 1.82) is 0 Å². The predicted molar refractivity (Wildman–Crippen MR) is 54.2 cm³/mol. The zero-order chi connectivity index (χ0) is 9.42. The largest absolute Gasteiger partial charge is 0.339 e. The van der Waals surface area contributed by atoms with Crippen LogP contribution in [0.2, 0.25) is 0 Å². The van der Waals surface area contributed by atoms with Crippen LogP contribution in [0.3, 0.4) is 0 Å². The summed E-state index contributed by atoms with van der Waals surface area (Å²) in [5, 5.41) is 0. The molecule has 13 heavy (non-hydrogen) atoms. The molecule has 0 spiro atoms. The molecular formula is C8H9BrN4. The Morgan fingerprint density at radius 1 is 1.62 bits per heavy atom. The third kappa shape index (κ3) is 1.57. The van der Waals surface area contributed by atoms with Gasteiger partial charge < -0.3 is 10.7 Å². The normalized spacial score (nSPS) is 13.5. The molecule has 5 heteroatoms. The van der Waals surface area contributed by atoms with E-state index >= 15 is 0 Å². The molecule has 0 bridgehead atoms. The first kappa shape index (κ1) is 8.65. The predicted octanol–water partition coefficient (Wildman–Crippen LogP) is 1.74. The SMILES string of the molecule is CC(N)c1nc2ncc(Br)cc2[nH]1. The maximum Gasteiger partial charge on any atom is 0.177 e. The molecule has 0 aliphatic heterocycles. The highest BCUT2D eigenvalue weighted by atomic mass is 79.9. The molecule has 3 N–H and O–H groups in total. The first-order valence-electron chi connectivity index (χ1n) is 3.93. The highest BCUT2D eigenvalue weighted by Gasteiger charge is 2.06. The van der Waals surface area contributed by atoms with E-state index in [-0.39, 0.29) is 6.04 Å². The van der Waals surface area contributed by atoms with Gasteiger partial charge in [-0.15, -0.1) is 0 Å². The van der Waals surface area contributed by atoms with Crippen molar-refractivity contribution in [3.63, 3.8) is 0 Å². The van der Waals surface area contributed by atoms with Gasteiger partial charge >= 0.3 is 0 Å². The average Bonchev–Trinajstić information content (AvgIpc) is 2.46. The van der Waals surface area contributed by atoms with Gasteiger partial charge in [-0.05, 0) is 28.9 Å². The van der Waals surface area contributed by atoms with Crippen molar-refractivity contribution in [3.8, 4) is 0 Å². The second-order valence-electron chi connectivity index (χ2n) is 2.94. The minimum absolute atomic E-state index is 0.0898. The van der Waals surface area contributed by atoms with Crippen LogP contribution in [0.5, 0.6) is 0 Å². The molecule has 0 amide bonds. The van der Waals surface area contributed by atoms with Gasteiger partial charge in [-0.3, -0.25) is 0 Å². The number of H-pyrrole nitrogens is 1. The maximum atomic E-state index is 5.68. The zero-order valence-corrected chi connectivity index (χ0v) is 8.67. The first-order chi connectivity index (χ1) is 6.16. The van der Waals surface area contributed by atoms with E-state index in [0.717, 1.165) is 15.8 Å². The minimum Gasteiger partial charge on any atom is -0.339 e. The van der Waals surface area contributed by atoms with Crippen LogP contribution in [-0.2, 0) is 0 Å². The van der Waals surface area contributed by atoms with Gasteiger partial charge in [0.15, 0.2) is 5.65 Å². The average molecular weight is 241 g/mol. The number of nitrogens with zero attached hydrogens (tertiary/aromatic N) is 2. The minimum atomic E-state index is -0.0898. The number of rotatable bonds is 1. The lowest BCUT2D eigenvalue weighted by molar-refractivity contribution is 0.759. The fraction of sp³-hybridized carbons (Fsp3) is 0.250. The molecule has 0 saturated carbocycles. The molecule has 0 fully saturated rings. The third-order valence-electron chi connectivity index (χ3n) is 1.75. The van der Waals surface area contributed by atoms with Crippen molar-refractivity contribution in [1.82, 2.24) is 15.0 Å². The number of nitrogens with one attached hydrogen (secondary N) is 1. The second-order valence-corrected chi connectivity index (χ2v) is 3.85. The summed E-state index contributed by atoms with van der Waals surface area (Å²) in [4.78, 5) is 11.5. The molecule has 2 aromatic heterocycles. The fourth-order valence-corrected chi connectivity index (χ4v) is 1.44. The van der Waals surface area contributed by atoms with Crippen molar-refractivity contribution >= 4 is 27.1 Å². The third-order valence-corrected chi connectivity index (χ3v) is 2.19. The number of nitrogens with two attached hydrogens (primary N) is 1. The Kier molecular flexibility index (Phi) is 2.05. The Morgan fingerprint density at radius 2 is 2.38 bits per heavy atom. The lowest BCUT2D eigenvalue weighted by Gasteiger charge is -1.96. The van der Waals surface area contributed by atoms with Crippen molar-refractivity contribution in [2.24, 2.45) is 5.73 Å². The summed E-state index contributed by atoms with van der Waals surface area (Å²) >= 11 is 3.34. The number of aromatic amines is 1. The van der Waals surface area contributed by atoms with Crippen LogP contribution in [0.1, 0.15) is 18.8 Å². The number of halogens is 1. The monoisotopic (exact) mass is 240 g/mol.